The summed E-state index contributed by atoms with van der Waals surface area (Å²) in [4.78, 5) is 8.81. The number of hydrogen-bond donors (Lipinski definition) is 3. The van der Waals surface area contributed by atoms with Crippen LogP contribution in [0.1, 0.15) is 57.6 Å². The number of rotatable bonds is 10. The van der Waals surface area contributed by atoms with Crippen LogP contribution >= 0.6 is 0 Å². The van der Waals surface area contributed by atoms with Gasteiger partial charge in [0.1, 0.15) is 0 Å². The fourth-order valence-electron chi connectivity index (χ4n) is 3.53. The maximum absolute atomic E-state index is 10.3. The largest absolute Gasteiger partial charge is 0.387 e. The van der Waals surface area contributed by atoms with Crippen LogP contribution in [-0.2, 0) is 4.74 Å². The molecular formula is C20H34N4O2. The Kier molecular flexibility index (Phi) is 8.85. The Morgan fingerprint density at radius 1 is 1.27 bits per heavy atom. The highest BCUT2D eigenvalue weighted by Gasteiger charge is 2.33. The van der Waals surface area contributed by atoms with Gasteiger partial charge in [-0.05, 0) is 56.2 Å². The van der Waals surface area contributed by atoms with Gasteiger partial charge in [-0.15, -0.1) is 0 Å². The van der Waals surface area contributed by atoms with Crippen molar-refractivity contribution in [2.75, 3.05) is 32.8 Å². The first-order valence-corrected chi connectivity index (χ1v) is 9.87. The topological polar surface area (TPSA) is 78.8 Å². The number of hydrogen-bond acceptors (Lipinski definition) is 4. The van der Waals surface area contributed by atoms with Crippen LogP contribution in [0.5, 0.6) is 0 Å². The van der Waals surface area contributed by atoms with Crippen molar-refractivity contribution < 1.29 is 9.84 Å². The molecule has 1 aliphatic carbocycles. The Labute approximate surface area is 157 Å². The van der Waals surface area contributed by atoms with Crippen molar-refractivity contribution in [1.29, 1.82) is 0 Å². The average molecular weight is 363 g/mol. The van der Waals surface area contributed by atoms with Crippen molar-refractivity contribution in [3.8, 4) is 0 Å². The molecule has 1 aromatic heterocycles. The average Bonchev–Trinajstić information content (AvgIpc) is 3.14. The van der Waals surface area contributed by atoms with Crippen LogP contribution in [-0.4, -0.2) is 48.9 Å². The van der Waals surface area contributed by atoms with E-state index < -0.39 is 6.10 Å². The van der Waals surface area contributed by atoms with Gasteiger partial charge in [-0.25, -0.2) is 0 Å². The van der Waals surface area contributed by atoms with E-state index in [0.717, 1.165) is 44.2 Å². The summed E-state index contributed by atoms with van der Waals surface area (Å²) in [5.74, 6) is 0.767. The van der Waals surface area contributed by atoms with E-state index in [4.69, 9.17) is 9.73 Å². The molecule has 0 aliphatic heterocycles. The second-order valence-corrected chi connectivity index (χ2v) is 7.03. The summed E-state index contributed by atoms with van der Waals surface area (Å²) >= 11 is 0. The predicted octanol–water partition coefficient (Wildman–Crippen LogP) is 2.66. The minimum Gasteiger partial charge on any atom is -0.387 e. The van der Waals surface area contributed by atoms with E-state index in [1.165, 1.54) is 25.7 Å². The number of nitrogens with zero attached hydrogens (tertiary/aromatic N) is 2. The number of pyridine rings is 1. The van der Waals surface area contributed by atoms with Gasteiger partial charge in [0.05, 0.1) is 6.10 Å². The van der Waals surface area contributed by atoms with E-state index in [2.05, 4.69) is 22.5 Å². The van der Waals surface area contributed by atoms with E-state index >= 15 is 0 Å². The Hall–Kier alpha value is -1.66. The van der Waals surface area contributed by atoms with E-state index in [0.29, 0.717) is 6.54 Å². The lowest BCUT2D eigenvalue weighted by atomic mass is 9.83. The van der Waals surface area contributed by atoms with Gasteiger partial charge in [0.15, 0.2) is 5.96 Å². The Bertz CT molecular complexity index is 530. The van der Waals surface area contributed by atoms with Crippen LogP contribution < -0.4 is 10.6 Å². The predicted molar refractivity (Wildman–Crippen MR) is 105 cm³/mol. The van der Waals surface area contributed by atoms with Gasteiger partial charge >= 0.3 is 0 Å². The molecule has 1 unspecified atom stereocenters. The number of aliphatic hydroxyl groups is 1. The van der Waals surface area contributed by atoms with Crippen LogP contribution in [0, 0.1) is 5.41 Å². The van der Waals surface area contributed by atoms with E-state index in [9.17, 15) is 5.11 Å². The first-order chi connectivity index (χ1) is 12.7. The zero-order valence-electron chi connectivity index (χ0n) is 16.2. The van der Waals surface area contributed by atoms with Crippen LogP contribution in [0.4, 0.5) is 0 Å². The number of ether oxygens (including phenoxy) is 1. The van der Waals surface area contributed by atoms with E-state index in [1.54, 1.807) is 12.4 Å². The molecule has 1 atom stereocenters. The van der Waals surface area contributed by atoms with Crippen LogP contribution in [0.2, 0.25) is 0 Å². The summed E-state index contributed by atoms with van der Waals surface area (Å²) < 4.78 is 5.58. The summed E-state index contributed by atoms with van der Waals surface area (Å²) in [5, 5.41) is 16.9. The molecule has 1 saturated carbocycles. The maximum Gasteiger partial charge on any atom is 0.191 e. The lowest BCUT2D eigenvalue weighted by Crippen LogP contribution is -2.40. The van der Waals surface area contributed by atoms with Gasteiger partial charge in [-0.1, -0.05) is 12.8 Å². The summed E-state index contributed by atoms with van der Waals surface area (Å²) in [6, 6.07) is 3.66. The summed E-state index contributed by atoms with van der Waals surface area (Å²) in [6.07, 6.45) is 8.90. The molecule has 0 amide bonds. The third-order valence-electron chi connectivity index (χ3n) is 5.12. The monoisotopic (exact) mass is 362 g/mol. The number of aliphatic imine (C=N–C) groups is 1. The molecule has 2 rings (SSSR count). The van der Waals surface area contributed by atoms with Gasteiger partial charge in [0.25, 0.3) is 0 Å². The fourth-order valence-corrected chi connectivity index (χ4v) is 3.53. The van der Waals surface area contributed by atoms with Gasteiger partial charge in [0, 0.05) is 45.2 Å². The lowest BCUT2D eigenvalue weighted by molar-refractivity contribution is 0.107. The number of nitrogens with one attached hydrogen (secondary N) is 2. The zero-order chi connectivity index (χ0) is 18.7. The van der Waals surface area contributed by atoms with Crippen LogP contribution in [0.3, 0.4) is 0 Å². The van der Waals surface area contributed by atoms with Crippen molar-refractivity contribution in [3.05, 3.63) is 30.1 Å². The van der Waals surface area contributed by atoms with Crippen molar-refractivity contribution >= 4 is 5.96 Å². The molecule has 1 aromatic rings. The maximum atomic E-state index is 10.3. The van der Waals surface area contributed by atoms with Crippen molar-refractivity contribution in [2.45, 2.75) is 52.1 Å². The van der Waals surface area contributed by atoms with Gasteiger partial charge in [-0.3, -0.25) is 9.98 Å². The molecule has 1 heterocycles. The fraction of sp³-hybridized carbons (Fsp3) is 0.700. The minimum atomic E-state index is -0.583. The zero-order valence-corrected chi connectivity index (χ0v) is 16.2. The molecule has 26 heavy (non-hydrogen) atoms. The molecule has 6 heteroatoms. The number of aliphatic hydroxyl groups excluding tert-OH is 1. The molecule has 146 valence electrons. The molecule has 0 saturated heterocycles. The quantitative estimate of drug-likeness (QED) is 0.339. The van der Waals surface area contributed by atoms with Crippen LogP contribution in [0.25, 0.3) is 0 Å². The lowest BCUT2D eigenvalue weighted by Gasteiger charge is -2.27. The highest BCUT2D eigenvalue weighted by Crippen LogP contribution is 2.41. The van der Waals surface area contributed by atoms with Crippen molar-refractivity contribution in [1.82, 2.24) is 15.6 Å². The molecule has 0 radical (unpaired) electrons. The first-order valence-electron chi connectivity index (χ1n) is 9.87. The third kappa shape index (κ3) is 6.57. The first kappa shape index (κ1) is 20.6. The Balaban J connectivity index is 1.91. The SMILES string of the molecule is CCNC(=NCC1(CCOCC)CCCC1)NCC(O)c1ccncc1. The van der Waals surface area contributed by atoms with Crippen LogP contribution in [0.15, 0.2) is 29.5 Å². The molecule has 1 fully saturated rings. The highest BCUT2D eigenvalue weighted by molar-refractivity contribution is 5.79. The highest BCUT2D eigenvalue weighted by atomic mass is 16.5. The number of aromatic nitrogens is 1. The van der Waals surface area contributed by atoms with Gasteiger partial charge < -0.3 is 20.5 Å². The third-order valence-corrected chi connectivity index (χ3v) is 5.12. The van der Waals surface area contributed by atoms with Gasteiger partial charge in [-0.2, -0.15) is 0 Å². The normalized spacial score (nSPS) is 17.9. The number of guanidine groups is 1. The standard InChI is InChI=1S/C20H34N4O2/c1-3-22-19(23-15-18(25)17-7-12-21-13-8-17)24-16-20(9-5-6-10-20)11-14-26-4-2/h7-8,12-13,18,25H,3-6,9-11,14-16H2,1-2H3,(H2,22,23,24). The minimum absolute atomic E-state index is 0.265. The van der Waals surface area contributed by atoms with Crippen molar-refractivity contribution in [3.63, 3.8) is 0 Å². The molecule has 0 spiro atoms. The molecule has 0 bridgehead atoms. The molecule has 1 aliphatic rings. The van der Waals surface area contributed by atoms with E-state index in [1.807, 2.05) is 19.1 Å². The second kappa shape index (κ2) is 11.1. The van der Waals surface area contributed by atoms with E-state index in [-0.39, 0.29) is 5.41 Å². The Morgan fingerprint density at radius 3 is 2.65 bits per heavy atom. The summed E-state index contributed by atoms with van der Waals surface area (Å²) in [6.45, 7) is 7.70. The Morgan fingerprint density at radius 2 is 2.00 bits per heavy atom. The van der Waals surface area contributed by atoms with Gasteiger partial charge in [0.2, 0.25) is 0 Å². The molecule has 0 aromatic carbocycles. The summed E-state index contributed by atoms with van der Waals surface area (Å²) in [5.41, 5.74) is 1.12. The second-order valence-electron chi connectivity index (χ2n) is 7.03. The summed E-state index contributed by atoms with van der Waals surface area (Å²) in [7, 11) is 0. The molecule has 6 nitrogen and oxygen atoms in total. The molecular weight excluding hydrogens is 328 g/mol. The molecule has 3 N–H and O–H groups in total. The smallest absolute Gasteiger partial charge is 0.191 e. The van der Waals surface area contributed by atoms with Crippen molar-refractivity contribution in [2.24, 2.45) is 10.4 Å².